The largest absolute Gasteiger partial charge is 0.398 e. The molecule has 4 heteroatoms. The quantitative estimate of drug-likeness (QED) is 0.830. The minimum absolute atomic E-state index is 0.339. The van der Waals surface area contributed by atoms with Crippen LogP contribution in [0.3, 0.4) is 0 Å². The van der Waals surface area contributed by atoms with E-state index in [2.05, 4.69) is 17.2 Å². The lowest BCUT2D eigenvalue weighted by Gasteiger charge is -2.17. The fourth-order valence-electron chi connectivity index (χ4n) is 2.65. The molecule has 3 rings (SSSR count). The van der Waals surface area contributed by atoms with Gasteiger partial charge in [0.25, 0.3) is 0 Å². The number of hydrogen-bond donors (Lipinski definition) is 2. The van der Waals surface area contributed by atoms with Gasteiger partial charge in [-0.2, -0.15) is 0 Å². The molecule has 2 unspecified atom stereocenters. The first kappa shape index (κ1) is 12.2. The Morgan fingerprint density at radius 2 is 2.26 bits per heavy atom. The first-order chi connectivity index (χ1) is 9.25. The maximum Gasteiger partial charge on any atom is 0.0592 e. The van der Waals surface area contributed by atoms with E-state index in [1.165, 1.54) is 0 Å². The molecule has 0 amide bonds. The summed E-state index contributed by atoms with van der Waals surface area (Å²) in [5.41, 5.74) is 7.88. The summed E-state index contributed by atoms with van der Waals surface area (Å²) in [6.45, 7) is 3.94. The second-order valence-electron chi connectivity index (χ2n) is 5.13. The molecule has 0 spiro atoms. The summed E-state index contributed by atoms with van der Waals surface area (Å²) < 4.78 is 5.59. The molecule has 4 nitrogen and oxygen atoms in total. The number of nitrogens with zero attached hydrogens (tertiary/aromatic N) is 1. The molecule has 2 atom stereocenters. The summed E-state index contributed by atoms with van der Waals surface area (Å²) in [7, 11) is 0. The van der Waals surface area contributed by atoms with Crippen molar-refractivity contribution in [3.8, 4) is 0 Å². The van der Waals surface area contributed by atoms with Crippen LogP contribution in [0.5, 0.6) is 0 Å². The summed E-state index contributed by atoms with van der Waals surface area (Å²) in [6, 6.07) is 5.93. The van der Waals surface area contributed by atoms with E-state index in [1.54, 1.807) is 6.20 Å². The SMILES string of the molecule is CC1OCCC1CNc1ccc(N)c2ccncc12. The molecule has 0 aliphatic carbocycles. The van der Waals surface area contributed by atoms with E-state index in [0.717, 1.165) is 41.7 Å². The third-order valence-corrected chi connectivity index (χ3v) is 3.94. The molecule has 1 aliphatic rings. The summed E-state index contributed by atoms with van der Waals surface area (Å²) in [5.74, 6) is 0.573. The third kappa shape index (κ3) is 2.36. The van der Waals surface area contributed by atoms with Crippen molar-refractivity contribution in [2.75, 3.05) is 24.2 Å². The molecule has 3 N–H and O–H groups in total. The molecule has 0 saturated carbocycles. The lowest BCUT2D eigenvalue weighted by Crippen LogP contribution is -2.20. The molecule has 0 bridgehead atoms. The maximum absolute atomic E-state index is 5.99. The smallest absolute Gasteiger partial charge is 0.0592 e. The van der Waals surface area contributed by atoms with Crippen molar-refractivity contribution >= 4 is 22.1 Å². The van der Waals surface area contributed by atoms with Gasteiger partial charge in [-0.15, -0.1) is 0 Å². The zero-order valence-corrected chi connectivity index (χ0v) is 11.1. The van der Waals surface area contributed by atoms with Crippen LogP contribution < -0.4 is 11.1 Å². The van der Waals surface area contributed by atoms with E-state index in [-0.39, 0.29) is 0 Å². The van der Waals surface area contributed by atoms with Crippen LogP contribution in [0, 0.1) is 5.92 Å². The van der Waals surface area contributed by atoms with E-state index in [4.69, 9.17) is 10.5 Å². The van der Waals surface area contributed by atoms with Crippen molar-refractivity contribution in [2.45, 2.75) is 19.4 Å². The second-order valence-corrected chi connectivity index (χ2v) is 5.13. The Hall–Kier alpha value is -1.81. The topological polar surface area (TPSA) is 60.2 Å². The third-order valence-electron chi connectivity index (χ3n) is 3.94. The highest BCUT2D eigenvalue weighted by atomic mass is 16.5. The minimum atomic E-state index is 0.339. The normalized spacial score (nSPS) is 22.8. The fraction of sp³-hybridized carbons (Fsp3) is 0.400. The number of ether oxygens (including phenoxy) is 1. The van der Waals surface area contributed by atoms with Gasteiger partial charge in [-0.3, -0.25) is 4.98 Å². The number of fused-ring (bicyclic) bond motifs is 1. The fourth-order valence-corrected chi connectivity index (χ4v) is 2.65. The Balaban J connectivity index is 1.83. The van der Waals surface area contributed by atoms with Gasteiger partial charge in [-0.25, -0.2) is 0 Å². The monoisotopic (exact) mass is 257 g/mol. The van der Waals surface area contributed by atoms with E-state index in [1.807, 2.05) is 24.4 Å². The molecule has 100 valence electrons. The number of nitrogens with one attached hydrogen (secondary N) is 1. The molecule has 2 aromatic rings. The predicted octanol–water partition coefficient (Wildman–Crippen LogP) is 2.65. The van der Waals surface area contributed by atoms with Crippen LogP contribution in [-0.2, 0) is 4.74 Å². The molecule has 1 saturated heterocycles. The standard InChI is InChI=1S/C15H19N3O/c1-10-11(5-7-19-10)8-18-15-3-2-14(16)12-4-6-17-9-13(12)15/h2-4,6,9-11,18H,5,7-8,16H2,1H3. The summed E-state index contributed by atoms with van der Waals surface area (Å²) in [5, 5.41) is 5.64. The van der Waals surface area contributed by atoms with Gasteiger partial charge in [0.2, 0.25) is 0 Å². The Kier molecular flexibility index (Phi) is 3.25. The number of aromatic nitrogens is 1. The molecule has 19 heavy (non-hydrogen) atoms. The molecule has 0 radical (unpaired) electrons. The summed E-state index contributed by atoms with van der Waals surface area (Å²) >= 11 is 0. The van der Waals surface area contributed by atoms with E-state index >= 15 is 0 Å². The Labute approximate surface area is 113 Å². The van der Waals surface area contributed by atoms with Gasteiger partial charge in [0.05, 0.1) is 6.10 Å². The predicted molar refractivity (Wildman–Crippen MR) is 78.2 cm³/mol. The van der Waals surface area contributed by atoms with Crippen LogP contribution in [0.4, 0.5) is 11.4 Å². The number of nitrogens with two attached hydrogens (primary N) is 1. The molecule has 2 heterocycles. The van der Waals surface area contributed by atoms with Gasteiger partial charge >= 0.3 is 0 Å². The Morgan fingerprint density at radius 3 is 3.05 bits per heavy atom. The summed E-state index contributed by atoms with van der Waals surface area (Å²) in [4.78, 5) is 4.19. The molecular formula is C15H19N3O. The van der Waals surface area contributed by atoms with Crippen LogP contribution in [0.2, 0.25) is 0 Å². The van der Waals surface area contributed by atoms with Gasteiger partial charge in [0.15, 0.2) is 0 Å². The maximum atomic E-state index is 5.99. The highest BCUT2D eigenvalue weighted by molar-refractivity contribution is 6.00. The average Bonchev–Trinajstić information content (AvgIpc) is 2.84. The van der Waals surface area contributed by atoms with Crippen molar-refractivity contribution in [3.63, 3.8) is 0 Å². The zero-order chi connectivity index (χ0) is 13.2. The van der Waals surface area contributed by atoms with Crippen LogP contribution in [0.1, 0.15) is 13.3 Å². The van der Waals surface area contributed by atoms with E-state index < -0.39 is 0 Å². The van der Waals surface area contributed by atoms with E-state index in [0.29, 0.717) is 12.0 Å². The highest BCUT2D eigenvalue weighted by Gasteiger charge is 2.23. The van der Waals surface area contributed by atoms with Crippen molar-refractivity contribution in [3.05, 3.63) is 30.6 Å². The highest BCUT2D eigenvalue weighted by Crippen LogP contribution is 2.28. The number of pyridine rings is 1. The Morgan fingerprint density at radius 1 is 1.37 bits per heavy atom. The minimum Gasteiger partial charge on any atom is -0.398 e. The van der Waals surface area contributed by atoms with Crippen molar-refractivity contribution < 1.29 is 4.74 Å². The van der Waals surface area contributed by atoms with Gasteiger partial charge in [-0.1, -0.05) is 0 Å². The first-order valence-corrected chi connectivity index (χ1v) is 6.73. The molecule has 1 fully saturated rings. The van der Waals surface area contributed by atoms with Crippen molar-refractivity contribution in [2.24, 2.45) is 5.92 Å². The molecule has 1 aliphatic heterocycles. The number of benzene rings is 1. The van der Waals surface area contributed by atoms with Crippen LogP contribution in [0.15, 0.2) is 30.6 Å². The van der Waals surface area contributed by atoms with Crippen LogP contribution >= 0.6 is 0 Å². The van der Waals surface area contributed by atoms with Crippen LogP contribution in [-0.4, -0.2) is 24.2 Å². The second kappa shape index (κ2) is 5.05. The number of rotatable bonds is 3. The lowest BCUT2D eigenvalue weighted by molar-refractivity contribution is 0.108. The van der Waals surface area contributed by atoms with Crippen LogP contribution in [0.25, 0.3) is 10.8 Å². The van der Waals surface area contributed by atoms with Gasteiger partial charge < -0.3 is 15.8 Å². The zero-order valence-electron chi connectivity index (χ0n) is 11.1. The average molecular weight is 257 g/mol. The summed E-state index contributed by atoms with van der Waals surface area (Å²) in [6.07, 6.45) is 5.10. The molecule has 1 aromatic heterocycles. The van der Waals surface area contributed by atoms with Gasteiger partial charge in [0, 0.05) is 53.6 Å². The lowest BCUT2D eigenvalue weighted by atomic mass is 10.0. The van der Waals surface area contributed by atoms with Gasteiger partial charge in [0.1, 0.15) is 0 Å². The van der Waals surface area contributed by atoms with Crippen molar-refractivity contribution in [1.82, 2.24) is 4.98 Å². The molecular weight excluding hydrogens is 238 g/mol. The van der Waals surface area contributed by atoms with Gasteiger partial charge in [-0.05, 0) is 31.5 Å². The number of anilines is 2. The Bertz CT molecular complexity index is 585. The molecule has 1 aromatic carbocycles. The first-order valence-electron chi connectivity index (χ1n) is 6.73. The van der Waals surface area contributed by atoms with Crippen molar-refractivity contribution in [1.29, 1.82) is 0 Å². The van der Waals surface area contributed by atoms with E-state index in [9.17, 15) is 0 Å². The number of nitrogen functional groups attached to an aromatic ring is 1. The number of hydrogen-bond acceptors (Lipinski definition) is 4.